The van der Waals surface area contributed by atoms with E-state index in [1.807, 2.05) is 60.7 Å². The second-order valence-corrected chi connectivity index (χ2v) is 5.24. The Balaban J connectivity index is 2.12. The molecule has 0 aliphatic heterocycles. The van der Waals surface area contributed by atoms with Crippen LogP contribution in [0.25, 0.3) is 27.9 Å². The molecule has 2 N–H and O–H groups in total. The molecule has 0 saturated carbocycles. The van der Waals surface area contributed by atoms with Crippen molar-refractivity contribution in [1.82, 2.24) is 9.38 Å². The van der Waals surface area contributed by atoms with Gasteiger partial charge in [-0.05, 0) is 32.0 Å². The van der Waals surface area contributed by atoms with Crippen LogP contribution in [-0.2, 0) is 0 Å². The van der Waals surface area contributed by atoms with Crippen LogP contribution in [0.15, 0.2) is 46.9 Å². The first-order valence-corrected chi connectivity index (χ1v) is 6.89. The summed E-state index contributed by atoms with van der Waals surface area (Å²) in [6, 6.07) is 13.9. The first-order valence-electron chi connectivity index (χ1n) is 6.89. The van der Waals surface area contributed by atoms with Gasteiger partial charge in [0.05, 0.1) is 5.56 Å². The van der Waals surface area contributed by atoms with Gasteiger partial charge in [0, 0.05) is 11.1 Å². The number of nitrogen functional groups attached to an aromatic ring is 1. The molecule has 3 heterocycles. The summed E-state index contributed by atoms with van der Waals surface area (Å²) >= 11 is 0. The fourth-order valence-electron chi connectivity index (χ4n) is 2.93. The van der Waals surface area contributed by atoms with Crippen molar-refractivity contribution in [3.8, 4) is 11.3 Å². The van der Waals surface area contributed by atoms with Crippen molar-refractivity contribution in [3.63, 3.8) is 0 Å². The van der Waals surface area contributed by atoms with Crippen molar-refractivity contribution in [3.05, 3.63) is 53.9 Å². The number of rotatable bonds is 1. The molecular formula is C17H15N3O. The van der Waals surface area contributed by atoms with Gasteiger partial charge in [-0.3, -0.25) is 4.40 Å². The van der Waals surface area contributed by atoms with Gasteiger partial charge in [-0.1, -0.05) is 24.3 Å². The predicted octanol–water partition coefficient (Wildman–Crippen LogP) is 3.95. The van der Waals surface area contributed by atoms with Crippen molar-refractivity contribution < 1.29 is 4.42 Å². The van der Waals surface area contributed by atoms with Crippen molar-refractivity contribution in [2.45, 2.75) is 13.8 Å². The Morgan fingerprint density at radius 2 is 1.86 bits per heavy atom. The number of hydrogen-bond acceptors (Lipinski definition) is 3. The topological polar surface area (TPSA) is 56.5 Å². The minimum Gasteiger partial charge on any atom is -0.461 e. The number of furan rings is 1. The number of nitrogens with two attached hydrogens (primary N) is 1. The quantitative estimate of drug-likeness (QED) is 0.573. The zero-order valence-electron chi connectivity index (χ0n) is 11.9. The minimum atomic E-state index is 0.651. The number of fused-ring (bicyclic) bond motifs is 2. The summed E-state index contributed by atoms with van der Waals surface area (Å²) in [6.07, 6.45) is 0. The van der Waals surface area contributed by atoms with Crippen molar-refractivity contribution in [2.75, 3.05) is 5.73 Å². The molecular weight excluding hydrogens is 262 g/mol. The highest BCUT2D eigenvalue weighted by atomic mass is 16.3. The van der Waals surface area contributed by atoms with E-state index in [1.165, 1.54) is 0 Å². The van der Waals surface area contributed by atoms with E-state index in [1.54, 1.807) is 0 Å². The fourth-order valence-corrected chi connectivity index (χ4v) is 2.93. The van der Waals surface area contributed by atoms with E-state index in [-0.39, 0.29) is 0 Å². The Labute approximate surface area is 121 Å². The van der Waals surface area contributed by atoms with Gasteiger partial charge >= 0.3 is 0 Å². The largest absolute Gasteiger partial charge is 0.461 e. The lowest BCUT2D eigenvalue weighted by molar-refractivity contribution is 0.580. The van der Waals surface area contributed by atoms with E-state index in [2.05, 4.69) is 0 Å². The maximum Gasteiger partial charge on any atom is 0.139 e. The smallest absolute Gasteiger partial charge is 0.139 e. The molecule has 0 bridgehead atoms. The third-order valence-corrected chi connectivity index (χ3v) is 3.88. The lowest BCUT2D eigenvalue weighted by Crippen LogP contribution is -1.97. The molecule has 3 aromatic heterocycles. The Morgan fingerprint density at radius 3 is 2.67 bits per heavy atom. The van der Waals surface area contributed by atoms with E-state index >= 15 is 0 Å². The number of aryl methyl sites for hydroxylation is 2. The maximum absolute atomic E-state index is 6.35. The lowest BCUT2D eigenvalue weighted by atomic mass is 10.1. The van der Waals surface area contributed by atoms with Crippen LogP contribution in [0.5, 0.6) is 0 Å². The second kappa shape index (κ2) is 4.12. The monoisotopic (exact) mass is 277 g/mol. The number of pyridine rings is 1. The summed E-state index contributed by atoms with van der Waals surface area (Å²) in [5.74, 6) is 1.49. The second-order valence-electron chi connectivity index (χ2n) is 5.24. The molecule has 4 aromatic rings. The van der Waals surface area contributed by atoms with Crippen molar-refractivity contribution in [2.24, 2.45) is 0 Å². The van der Waals surface area contributed by atoms with Crippen LogP contribution >= 0.6 is 0 Å². The zero-order chi connectivity index (χ0) is 14.6. The number of hydrogen-bond donors (Lipinski definition) is 1. The molecule has 0 atom stereocenters. The Kier molecular flexibility index (Phi) is 2.36. The van der Waals surface area contributed by atoms with Crippen LogP contribution in [0.2, 0.25) is 0 Å². The van der Waals surface area contributed by atoms with E-state index in [9.17, 15) is 0 Å². The fraction of sp³-hybridized carbons (Fsp3) is 0.118. The highest BCUT2D eigenvalue weighted by molar-refractivity contribution is 5.97. The van der Waals surface area contributed by atoms with Gasteiger partial charge in [-0.2, -0.15) is 0 Å². The van der Waals surface area contributed by atoms with Crippen molar-refractivity contribution in [1.29, 1.82) is 0 Å². The first kappa shape index (κ1) is 12.0. The molecule has 0 unspecified atom stereocenters. The molecule has 0 radical (unpaired) electrons. The molecule has 4 heteroatoms. The highest BCUT2D eigenvalue weighted by Crippen LogP contribution is 2.37. The minimum absolute atomic E-state index is 0.651. The molecule has 4 nitrogen and oxygen atoms in total. The molecule has 0 aliphatic rings. The standard InChI is InChI=1S/C17H15N3O/c1-10-6-5-9-14-19-16(17(18)20(10)14)15-11(2)21-13-8-4-3-7-12(13)15/h3-9H,18H2,1-2H3. The van der Waals surface area contributed by atoms with Crippen LogP contribution in [0.3, 0.4) is 0 Å². The summed E-state index contributed by atoms with van der Waals surface area (Å²) in [7, 11) is 0. The third-order valence-electron chi connectivity index (χ3n) is 3.88. The van der Waals surface area contributed by atoms with Gasteiger partial charge < -0.3 is 10.2 Å². The molecule has 4 rings (SSSR count). The molecule has 1 aromatic carbocycles. The Hall–Kier alpha value is -2.75. The van der Waals surface area contributed by atoms with Crippen LogP contribution in [0.4, 0.5) is 5.82 Å². The Morgan fingerprint density at radius 1 is 1.05 bits per heavy atom. The SMILES string of the molecule is Cc1oc2ccccc2c1-c1nc2cccc(C)n2c1N. The maximum atomic E-state index is 6.35. The van der Waals surface area contributed by atoms with Gasteiger partial charge in [0.1, 0.15) is 28.5 Å². The highest BCUT2D eigenvalue weighted by Gasteiger charge is 2.19. The van der Waals surface area contributed by atoms with Crippen LogP contribution < -0.4 is 5.73 Å². The molecule has 0 aliphatic carbocycles. The van der Waals surface area contributed by atoms with Gasteiger partial charge in [0.2, 0.25) is 0 Å². The number of anilines is 1. The van der Waals surface area contributed by atoms with E-state index in [4.69, 9.17) is 15.1 Å². The number of imidazole rings is 1. The van der Waals surface area contributed by atoms with E-state index < -0.39 is 0 Å². The normalized spacial score (nSPS) is 11.5. The molecule has 0 amide bonds. The molecule has 21 heavy (non-hydrogen) atoms. The summed E-state index contributed by atoms with van der Waals surface area (Å²) in [6.45, 7) is 3.97. The van der Waals surface area contributed by atoms with Gasteiger partial charge in [-0.25, -0.2) is 4.98 Å². The summed E-state index contributed by atoms with van der Waals surface area (Å²) < 4.78 is 7.80. The molecule has 104 valence electrons. The average Bonchev–Trinajstić information content (AvgIpc) is 2.96. The van der Waals surface area contributed by atoms with Gasteiger partial charge in [0.15, 0.2) is 0 Å². The lowest BCUT2D eigenvalue weighted by Gasteiger charge is -2.01. The number of nitrogens with zero attached hydrogens (tertiary/aromatic N) is 2. The Bertz CT molecular complexity index is 978. The number of aromatic nitrogens is 2. The van der Waals surface area contributed by atoms with E-state index in [0.29, 0.717) is 5.82 Å². The number of para-hydroxylation sites is 1. The summed E-state index contributed by atoms with van der Waals surface area (Å²) in [4.78, 5) is 4.70. The van der Waals surface area contributed by atoms with Crippen molar-refractivity contribution >= 4 is 22.4 Å². The van der Waals surface area contributed by atoms with Gasteiger partial charge in [-0.15, -0.1) is 0 Å². The molecule has 0 saturated heterocycles. The van der Waals surface area contributed by atoms with Gasteiger partial charge in [0.25, 0.3) is 0 Å². The third kappa shape index (κ3) is 1.59. The predicted molar refractivity (Wildman–Crippen MR) is 84.3 cm³/mol. The number of benzene rings is 1. The first-order chi connectivity index (χ1) is 10.2. The van der Waals surface area contributed by atoms with Crippen LogP contribution in [0.1, 0.15) is 11.5 Å². The summed E-state index contributed by atoms with van der Waals surface area (Å²) in [5, 5.41) is 1.04. The average molecular weight is 277 g/mol. The van der Waals surface area contributed by atoms with Crippen LogP contribution in [-0.4, -0.2) is 9.38 Å². The molecule has 0 spiro atoms. The van der Waals surface area contributed by atoms with E-state index in [0.717, 1.165) is 39.3 Å². The zero-order valence-corrected chi connectivity index (χ0v) is 11.9. The van der Waals surface area contributed by atoms with Crippen LogP contribution in [0, 0.1) is 13.8 Å². The summed E-state index contributed by atoms with van der Waals surface area (Å²) in [5.41, 5.74) is 10.9. The molecule has 0 fully saturated rings.